The fraction of sp³-hybridized carbons (Fsp3) is 0.353. The number of hydrogen-bond donors (Lipinski definition) is 1. The second kappa shape index (κ2) is 7.69. The zero-order valence-corrected chi connectivity index (χ0v) is 14.9. The Bertz CT molecular complexity index is 790. The molecule has 2 N–H and O–H groups in total. The average molecular weight is 400 g/mol. The highest BCUT2D eigenvalue weighted by atomic mass is 35.5. The molecule has 3 rings (SSSR count). The highest BCUT2D eigenvalue weighted by Gasteiger charge is 2.34. The number of alkyl halides is 3. The molecule has 1 aliphatic rings. The van der Waals surface area contributed by atoms with Crippen LogP contribution in [0.25, 0.3) is 0 Å². The Morgan fingerprint density at radius 2 is 1.67 bits per heavy atom. The van der Waals surface area contributed by atoms with Gasteiger partial charge in [0.25, 0.3) is 0 Å². The molecular weight excluding hydrogens is 383 g/mol. The zero-order chi connectivity index (χ0) is 19.6. The van der Waals surface area contributed by atoms with Gasteiger partial charge in [0, 0.05) is 31.2 Å². The van der Waals surface area contributed by atoms with Crippen LogP contribution in [0.3, 0.4) is 0 Å². The summed E-state index contributed by atoms with van der Waals surface area (Å²) in [6.07, 6.45) is -4.52. The van der Waals surface area contributed by atoms with Gasteiger partial charge in [-0.1, -0.05) is 23.7 Å². The minimum atomic E-state index is -4.52. The topological polar surface area (TPSA) is 75.4 Å². The van der Waals surface area contributed by atoms with Gasteiger partial charge in [0.15, 0.2) is 11.5 Å². The third-order valence-electron chi connectivity index (χ3n) is 4.40. The monoisotopic (exact) mass is 399 g/mol. The number of carbonyl (C=O) groups is 1. The molecule has 1 aromatic heterocycles. The molecule has 10 heteroatoms. The fourth-order valence-corrected chi connectivity index (χ4v) is 3.18. The van der Waals surface area contributed by atoms with Crippen LogP contribution in [0.4, 0.5) is 19.0 Å². The number of anilines is 1. The van der Waals surface area contributed by atoms with Gasteiger partial charge in [-0.3, -0.25) is 9.69 Å². The summed E-state index contributed by atoms with van der Waals surface area (Å²) >= 11 is 5.89. The fourth-order valence-electron chi connectivity index (χ4n) is 3.05. The molecule has 0 spiro atoms. The van der Waals surface area contributed by atoms with Crippen molar-refractivity contribution in [1.29, 1.82) is 0 Å². The average Bonchev–Trinajstić information content (AvgIpc) is 2.63. The summed E-state index contributed by atoms with van der Waals surface area (Å²) in [6.45, 7) is 1.96. The molecule has 1 saturated heterocycles. The molecule has 2 heterocycles. The zero-order valence-electron chi connectivity index (χ0n) is 14.2. The summed E-state index contributed by atoms with van der Waals surface area (Å²) < 4.78 is 37.8. The van der Waals surface area contributed by atoms with E-state index >= 15 is 0 Å². The van der Waals surface area contributed by atoms with Gasteiger partial charge in [-0.05, 0) is 29.8 Å². The van der Waals surface area contributed by atoms with E-state index < -0.39 is 23.8 Å². The lowest BCUT2D eigenvalue weighted by Crippen LogP contribution is -2.50. The van der Waals surface area contributed by atoms with Crippen molar-refractivity contribution in [2.45, 2.75) is 12.2 Å². The second-order valence-corrected chi connectivity index (χ2v) is 6.59. The molecule has 1 fully saturated rings. The molecule has 0 saturated carbocycles. The summed E-state index contributed by atoms with van der Waals surface area (Å²) in [7, 11) is 0. The number of carbonyl (C=O) groups excluding carboxylic acids is 1. The molecule has 0 aliphatic carbocycles. The van der Waals surface area contributed by atoms with Gasteiger partial charge in [0.05, 0.1) is 0 Å². The van der Waals surface area contributed by atoms with Gasteiger partial charge in [0.1, 0.15) is 6.04 Å². The normalized spacial score (nSPS) is 17.0. The molecular formula is C17H17ClF3N5O. The molecule has 6 nitrogen and oxygen atoms in total. The number of piperazine rings is 1. The van der Waals surface area contributed by atoms with Crippen molar-refractivity contribution in [3.8, 4) is 0 Å². The molecule has 1 aromatic carbocycles. The molecule has 0 radical (unpaired) electrons. The quantitative estimate of drug-likeness (QED) is 0.855. The SMILES string of the molecule is NC(=O)C(c1ccc(Cl)cc1)N1CCN(c2ccc(C(F)(F)F)nn2)CC1. The first kappa shape index (κ1) is 19.4. The van der Waals surface area contributed by atoms with E-state index in [2.05, 4.69) is 10.2 Å². The number of nitrogens with two attached hydrogens (primary N) is 1. The predicted molar refractivity (Wildman–Crippen MR) is 94.2 cm³/mol. The van der Waals surface area contributed by atoms with Crippen LogP contribution in [0.15, 0.2) is 36.4 Å². The van der Waals surface area contributed by atoms with Crippen molar-refractivity contribution in [3.63, 3.8) is 0 Å². The molecule has 1 unspecified atom stereocenters. The van der Waals surface area contributed by atoms with E-state index in [1.54, 1.807) is 24.3 Å². The van der Waals surface area contributed by atoms with E-state index in [0.717, 1.165) is 11.6 Å². The van der Waals surface area contributed by atoms with Crippen LogP contribution >= 0.6 is 11.6 Å². The summed E-state index contributed by atoms with van der Waals surface area (Å²) in [4.78, 5) is 15.7. The number of hydrogen-bond acceptors (Lipinski definition) is 5. The number of amides is 1. The molecule has 27 heavy (non-hydrogen) atoms. The minimum Gasteiger partial charge on any atom is -0.368 e. The molecule has 1 atom stereocenters. The molecule has 0 bridgehead atoms. The van der Waals surface area contributed by atoms with E-state index in [4.69, 9.17) is 17.3 Å². The van der Waals surface area contributed by atoms with Gasteiger partial charge in [-0.25, -0.2) is 0 Å². The number of halogens is 4. The number of primary amides is 1. The van der Waals surface area contributed by atoms with Crippen molar-refractivity contribution in [2.75, 3.05) is 31.1 Å². The molecule has 1 aliphatic heterocycles. The lowest BCUT2D eigenvalue weighted by atomic mass is 10.0. The number of aromatic nitrogens is 2. The van der Waals surface area contributed by atoms with E-state index in [9.17, 15) is 18.0 Å². The van der Waals surface area contributed by atoms with E-state index in [-0.39, 0.29) is 0 Å². The largest absolute Gasteiger partial charge is 0.435 e. The maximum absolute atomic E-state index is 12.6. The molecule has 1 amide bonds. The number of benzene rings is 1. The molecule has 144 valence electrons. The summed E-state index contributed by atoms with van der Waals surface area (Å²) in [5.41, 5.74) is 5.30. The van der Waals surface area contributed by atoms with E-state index in [0.29, 0.717) is 37.0 Å². The Kier molecular flexibility index (Phi) is 5.52. The first-order valence-corrected chi connectivity index (χ1v) is 8.58. The number of rotatable bonds is 4. The van der Waals surface area contributed by atoms with Crippen LogP contribution in [0.5, 0.6) is 0 Å². The van der Waals surface area contributed by atoms with Gasteiger partial charge in [-0.2, -0.15) is 13.2 Å². The Hall–Kier alpha value is -2.39. The summed E-state index contributed by atoms with van der Waals surface area (Å²) in [5.74, 6) is -0.107. The minimum absolute atomic E-state index is 0.366. The van der Waals surface area contributed by atoms with Gasteiger partial charge < -0.3 is 10.6 Å². The van der Waals surface area contributed by atoms with Gasteiger partial charge >= 0.3 is 6.18 Å². The third kappa shape index (κ3) is 4.48. The highest BCUT2D eigenvalue weighted by molar-refractivity contribution is 6.30. The van der Waals surface area contributed by atoms with Gasteiger partial charge in [0.2, 0.25) is 5.91 Å². The smallest absolute Gasteiger partial charge is 0.368 e. The van der Waals surface area contributed by atoms with Gasteiger partial charge in [-0.15, -0.1) is 10.2 Å². The lowest BCUT2D eigenvalue weighted by molar-refractivity contribution is -0.141. The maximum Gasteiger partial charge on any atom is 0.435 e. The van der Waals surface area contributed by atoms with Crippen molar-refractivity contribution in [1.82, 2.24) is 15.1 Å². The third-order valence-corrected chi connectivity index (χ3v) is 4.65. The number of nitrogens with zero attached hydrogens (tertiary/aromatic N) is 4. The van der Waals surface area contributed by atoms with E-state index in [1.165, 1.54) is 6.07 Å². The summed E-state index contributed by atoms with van der Waals surface area (Å²) in [6, 6.07) is 8.52. The van der Waals surface area contributed by atoms with Crippen LogP contribution in [-0.2, 0) is 11.0 Å². The van der Waals surface area contributed by atoms with Crippen LogP contribution in [0.1, 0.15) is 17.3 Å². The first-order valence-electron chi connectivity index (χ1n) is 8.20. The lowest BCUT2D eigenvalue weighted by Gasteiger charge is -2.38. The Labute approximate surface area is 158 Å². The predicted octanol–water partition coefficient (Wildman–Crippen LogP) is 2.50. The second-order valence-electron chi connectivity index (χ2n) is 6.15. The first-order chi connectivity index (χ1) is 12.8. The summed E-state index contributed by atoms with van der Waals surface area (Å²) in [5, 5.41) is 7.48. The van der Waals surface area contributed by atoms with Crippen molar-refractivity contribution < 1.29 is 18.0 Å². The maximum atomic E-state index is 12.6. The Morgan fingerprint density at radius 1 is 1.04 bits per heavy atom. The van der Waals surface area contributed by atoms with Crippen LogP contribution in [0.2, 0.25) is 5.02 Å². The van der Waals surface area contributed by atoms with Crippen LogP contribution < -0.4 is 10.6 Å². The van der Waals surface area contributed by atoms with Crippen molar-refractivity contribution >= 4 is 23.3 Å². The highest BCUT2D eigenvalue weighted by Crippen LogP contribution is 2.28. The van der Waals surface area contributed by atoms with Crippen LogP contribution in [-0.4, -0.2) is 47.2 Å². The van der Waals surface area contributed by atoms with Crippen molar-refractivity contribution in [3.05, 3.63) is 52.7 Å². The van der Waals surface area contributed by atoms with Crippen LogP contribution in [0, 0.1) is 0 Å². The molecule has 2 aromatic rings. The van der Waals surface area contributed by atoms with E-state index in [1.807, 2.05) is 9.80 Å². The Balaban J connectivity index is 1.68. The Morgan fingerprint density at radius 3 is 2.15 bits per heavy atom. The standard InChI is InChI=1S/C17H17ClF3N5O/c18-12-3-1-11(2-4-12)15(16(22)27)26-9-7-25(8-10-26)14-6-5-13(23-24-14)17(19,20)21/h1-6,15H,7-10H2,(H2,22,27). The van der Waals surface area contributed by atoms with Crippen molar-refractivity contribution in [2.24, 2.45) is 5.73 Å².